The van der Waals surface area contributed by atoms with Gasteiger partial charge in [0.25, 0.3) is 0 Å². The zero-order valence-electron chi connectivity index (χ0n) is 9.44. The minimum atomic E-state index is -0.262. The van der Waals surface area contributed by atoms with Gasteiger partial charge in [0.05, 0.1) is 11.6 Å². The second-order valence-corrected chi connectivity index (χ2v) is 5.38. The van der Waals surface area contributed by atoms with Crippen LogP contribution in [0.2, 0.25) is 0 Å². The van der Waals surface area contributed by atoms with E-state index in [1.54, 1.807) is 20.1 Å². The van der Waals surface area contributed by atoms with E-state index < -0.39 is 0 Å². The molecule has 0 atom stereocenters. The Balaban J connectivity index is 2.43. The molecule has 16 heavy (non-hydrogen) atoms. The highest BCUT2D eigenvalue weighted by Crippen LogP contribution is 2.40. The van der Waals surface area contributed by atoms with Gasteiger partial charge in [-0.1, -0.05) is 0 Å². The summed E-state index contributed by atoms with van der Waals surface area (Å²) in [6, 6.07) is 1.77. The third-order valence-electron chi connectivity index (χ3n) is 3.11. The monoisotopic (exact) mass is 287 g/mol. The second kappa shape index (κ2) is 4.00. The van der Waals surface area contributed by atoms with Crippen LogP contribution in [0.25, 0.3) is 0 Å². The fraction of sp³-hybridized carbons (Fsp3) is 0.500. The number of rotatable bonds is 3. The SMILES string of the molecule is COc1c(CC2(N)CC2)cc(Br)c(F)c1C. The highest BCUT2D eigenvalue weighted by atomic mass is 79.9. The van der Waals surface area contributed by atoms with Crippen LogP contribution in [-0.4, -0.2) is 12.6 Å². The van der Waals surface area contributed by atoms with Gasteiger partial charge in [-0.3, -0.25) is 0 Å². The zero-order chi connectivity index (χ0) is 11.9. The van der Waals surface area contributed by atoms with E-state index in [9.17, 15) is 4.39 Å². The summed E-state index contributed by atoms with van der Waals surface area (Å²) in [6.45, 7) is 1.72. The van der Waals surface area contributed by atoms with Crippen LogP contribution in [0.4, 0.5) is 4.39 Å². The summed E-state index contributed by atoms with van der Waals surface area (Å²) in [6.07, 6.45) is 2.81. The van der Waals surface area contributed by atoms with Gasteiger partial charge in [-0.2, -0.15) is 0 Å². The summed E-state index contributed by atoms with van der Waals surface area (Å²) in [5, 5.41) is 0. The van der Waals surface area contributed by atoms with Crippen LogP contribution in [0.1, 0.15) is 24.0 Å². The Morgan fingerprint density at radius 1 is 1.56 bits per heavy atom. The Bertz CT molecular complexity index is 430. The maximum atomic E-state index is 13.6. The quantitative estimate of drug-likeness (QED) is 0.928. The van der Waals surface area contributed by atoms with Gasteiger partial charge < -0.3 is 10.5 Å². The maximum absolute atomic E-state index is 13.6. The van der Waals surface area contributed by atoms with Gasteiger partial charge in [-0.25, -0.2) is 4.39 Å². The molecule has 1 aromatic carbocycles. The molecular weight excluding hydrogens is 273 g/mol. The molecule has 0 amide bonds. The average Bonchev–Trinajstić information content (AvgIpc) is 2.93. The van der Waals surface area contributed by atoms with Crippen molar-refractivity contribution in [2.45, 2.75) is 31.7 Å². The summed E-state index contributed by atoms with van der Waals surface area (Å²) in [5.74, 6) is 0.361. The maximum Gasteiger partial charge on any atom is 0.143 e. The molecule has 1 saturated carbocycles. The van der Waals surface area contributed by atoms with Crippen LogP contribution in [0.15, 0.2) is 10.5 Å². The van der Waals surface area contributed by atoms with Gasteiger partial charge >= 0.3 is 0 Å². The van der Waals surface area contributed by atoms with E-state index in [4.69, 9.17) is 10.5 Å². The van der Waals surface area contributed by atoms with Crippen molar-refractivity contribution in [3.05, 3.63) is 27.5 Å². The van der Waals surface area contributed by atoms with E-state index in [0.29, 0.717) is 15.8 Å². The normalized spacial score (nSPS) is 17.3. The average molecular weight is 288 g/mol. The third-order valence-corrected chi connectivity index (χ3v) is 3.69. The molecule has 1 aliphatic rings. The van der Waals surface area contributed by atoms with Gasteiger partial charge in [0.1, 0.15) is 11.6 Å². The molecule has 1 fully saturated rings. The number of ether oxygens (including phenoxy) is 1. The molecule has 4 heteroatoms. The Morgan fingerprint density at radius 2 is 2.19 bits per heavy atom. The molecule has 0 unspecified atom stereocenters. The molecule has 0 aromatic heterocycles. The van der Waals surface area contributed by atoms with E-state index in [0.717, 1.165) is 24.8 Å². The number of hydrogen-bond acceptors (Lipinski definition) is 2. The Hall–Kier alpha value is -0.610. The van der Waals surface area contributed by atoms with Crippen LogP contribution >= 0.6 is 15.9 Å². The van der Waals surface area contributed by atoms with Crippen molar-refractivity contribution in [3.8, 4) is 5.75 Å². The first kappa shape index (κ1) is 11.9. The third kappa shape index (κ3) is 2.09. The standard InChI is InChI=1S/C12H15BrFNO/c1-7-10(14)9(13)5-8(11(7)16-2)6-12(15)3-4-12/h5H,3-4,6,15H2,1-2H3. The van der Waals surface area contributed by atoms with E-state index in [2.05, 4.69) is 15.9 Å². The van der Waals surface area contributed by atoms with Crippen LogP contribution in [0.5, 0.6) is 5.75 Å². The largest absolute Gasteiger partial charge is 0.496 e. The highest BCUT2D eigenvalue weighted by Gasteiger charge is 2.39. The Labute approximate surface area is 103 Å². The molecule has 0 radical (unpaired) electrons. The number of hydrogen-bond donors (Lipinski definition) is 1. The van der Waals surface area contributed by atoms with Crippen LogP contribution in [0.3, 0.4) is 0 Å². The Morgan fingerprint density at radius 3 is 2.69 bits per heavy atom. The zero-order valence-corrected chi connectivity index (χ0v) is 11.0. The Kier molecular flexibility index (Phi) is 2.97. The summed E-state index contributed by atoms with van der Waals surface area (Å²) < 4.78 is 19.4. The molecule has 0 aliphatic heterocycles. The summed E-state index contributed by atoms with van der Waals surface area (Å²) in [5.41, 5.74) is 7.49. The topological polar surface area (TPSA) is 35.2 Å². The van der Waals surface area contributed by atoms with Crippen LogP contribution in [0, 0.1) is 12.7 Å². The smallest absolute Gasteiger partial charge is 0.143 e. The molecule has 2 rings (SSSR count). The first-order valence-electron chi connectivity index (χ1n) is 5.27. The van der Waals surface area contributed by atoms with Crippen molar-refractivity contribution < 1.29 is 9.13 Å². The molecular formula is C12H15BrFNO. The fourth-order valence-corrected chi connectivity index (χ4v) is 2.51. The molecule has 1 aliphatic carbocycles. The molecule has 2 nitrogen and oxygen atoms in total. The molecule has 2 N–H and O–H groups in total. The molecule has 1 aromatic rings. The van der Waals surface area contributed by atoms with Gasteiger partial charge in [0.2, 0.25) is 0 Å². The highest BCUT2D eigenvalue weighted by molar-refractivity contribution is 9.10. The number of halogens is 2. The van der Waals surface area contributed by atoms with E-state index >= 15 is 0 Å². The minimum absolute atomic E-state index is 0.100. The van der Waals surface area contributed by atoms with Crippen molar-refractivity contribution in [1.82, 2.24) is 0 Å². The lowest BCUT2D eigenvalue weighted by molar-refractivity contribution is 0.399. The molecule has 0 heterocycles. The molecule has 0 bridgehead atoms. The van der Waals surface area contributed by atoms with Crippen molar-refractivity contribution in [2.24, 2.45) is 5.73 Å². The van der Waals surface area contributed by atoms with Crippen molar-refractivity contribution in [3.63, 3.8) is 0 Å². The predicted octanol–water partition coefficient (Wildman–Crippen LogP) is 2.94. The second-order valence-electron chi connectivity index (χ2n) is 4.53. The lowest BCUT2D eigenvalue weighted by atomic mass is 10.0. The van der Waals surface area contributed by atoms with Crippen molar-refractivity contribution in [1.29, 1.82) is 0 Å². The first-order valence-corrected chi connectivity index (χ1v) is 6.06. The van der Waals surface area contributed by atoms with Crippen LogP contribution in [-0.2, 0) is 6.42 Å². The van der Waals surface area contributed by atoms with Gasteiger partial charge in [-0.15, -0.1) is 0 Å². The van der Waals surface area contributed by atoms with Gasteiger partial charge in [-0.05, 0) is 53.7 Å². The summed E-state index contributed by atoms with van der Waals surface area (Å²) in [4.78, 5) is 0. The molecule has 0 saturated heterocycles. The van der Waals surface area contributed by atoms with Crippen LogP contribution < -0.4 is 10.5 Å². The lowest BCUT2D eigenvalue weighted by Gasteiger charge is -2.16. The molecule has 88 valence electrons. The molecule has 0 spiro atoms. The van der Waals surface area contributed by atoms with E-state index in [1.807, 2.05) is 0 Å². The fourth-order valence-electron chi connectivity index (χ4n) is 1.93. The minimum Gasteiger partial charge on any atom is -0.496 e. The van der Waals surface area contributed by atoms with E-state index in [-0.39, 0.29) is 11.4 Å². The van der Waals surface area contributed by atoms with Gasteiger partial charge in [0, 0.05) is 11.1 Å². The van der Waals surface area contributed by atoms with Crippen molar-refractivity contribution in [2.75, 3.05) is 7.11 Å². The summed E-state index contributed by atoms with van der Waals surface area (Å²) >= 11 is 3.22. The van der Waals surface area contributed by atoms with Crippen molar-refractivity contribution >= 4 is 15.9 Å². The first-order chi connectivity index (χ1) is 7.47. The predicted molar refractivity (Wildman–Crippen MR) is 65.2 cm³/mol. The number of nitrogens with two attached hydrogens (primary N) is 1. The lowest BCUT2D eigenvalue weighted by Crippen LogP contribution is -2.25. The van der Waals surface area contributed by atoms with Gasteiger partial charge in [0.15, 0.2) is 0 Å². The summed E-state index contributed by atoms with van der Waals surface area (Å²) in [7, 11) is 1.56. The number of benzene rings is 1. The van der Waals surface area contributed by atoms with E-state index in [1.165, 1.54) is 0 Å². The number of methoxy groups -OCH3 is 1.